The van der Waals surface area contributed by atoms with Gasteiger partial charge in [-0.1, -0.05) is 0 Å². The fourth-order valence-corrected chi connectivity index (χ4v) is 1.52. The van der Waals surface area contributed by atoms with Gasteiger partial charge in [-0.15, -0.1) is 12.4 Å². The third-order valence-corrected chi connectivity index (χ3v) is 2.35. The van der Waals surface area contributed by atoms with Crippen LogP contribution in [0.2, 0.25) is 0 Å². The summed E-state index contributed by atoms with van der Waals surface area (Å²) in [5.41, 5.74) is 0. The first kappa shape index (κ1) is 15.6. The van der Waals surface area contributed by atoms with E-state index in [1.807, 2.05) is 0 Å². The van der Waals surface area contributed by atoms with E-state index in [4.69, 9.17) is 9.47 Å². The molecule has 6 heteroatoms. The lowest BCUT2D eigenvalue weighted by atomic mass is 10.2. The van der Waals surface area contributed by atoms with Crippen LogP contribution in [-0.4, -0.2) is 52.0 Å². The maximum absolute atomic E-state index is 11.5. The van der Waals surface area contributed by atoms with Crippen molar-refractivity contribution in [3.8, 4) is 0 Å². The Hall–Kier alpha value is -0.360. The van der Waals surface area contributed by atoms with Crippen LogP contribution < -0.4 is 10.6 Å². The molecule has 0 unspecified atom stereocenters. The van der Waals surface area contributed by atoms with E-state index in [2.05, 4.69) is 10.6 Å². The molecule has 0 aromatic carbocycles. The Morgan fingerprint density at radius 1 is 1.44 bits per heavy atom. The molecular weight excluding hydrogens is 232 g/mol. The molecule has 0 aromatic rings. The number of hydrogen-bond acceptors (Lipinski definition) is 4. The molecule has 0 aromatic heterocycles. The number of carbonyl (C=O) groups excluding carboxylic acids is 1. The number of carbonyl (C=O) groups is 1. The van der Waals surface area contributed by atoms with Crippen LogP contribution >= 0.6 is 12.4 Å². The summed E-state index contributed by atoms with van der Waals surface area (Å²) in [4.78, 5) is 11.5. The number of hydrogen-bond donors (Lipinski definition) is 2. The number of methoxy groups -OCH3 is 1. The predicted octanol–water partition coefficient (Wildman–Crippen LogP) is -0.0606. The highest BCUT2D eigenvalue weighted by atomic mass is 35.5. The minimum absolute atomic E-state index is 0. The zero-order chi connectivity index (χ0) is 10.9. The van der Waals surface area contributed by atoms with Gasteiger partial charge in [0.1, 0.15) is 0 Å². The van der Waals surface area contributed by atoms with Crippen molar-refractivity contribution in [2.24, 2.45) is 0 Å². The van der Waals surface area contributed by atoms with Gasteiger partial charge in [-0.25, -0.2) is 0 Å². The highest BCUT2D eigenvalue weighted by Gasteiger charge is 2.20. The fraction of sp³-hybridized carbons (Fsp3) is 0.900. The average molecular weight is 253 g/mol. The molecule has 1 heterocycles. The molecule has 2 N–H and O–H groups in total. The van der Waals surface area contributed by atoms with Gasteiger partial charge in [0.15, 0.2) is 0 Å². The maximum Gasteiger partial charge on any atom is 0.237 e. The molecule has 0 saturated carbocycles. The molecule has 1 aliphatic heterocycles. The first-order valence-electron chi connectivity index (χ1n) is 5.42. The molecule has 16 heavy (non-hydrogen) atoms. The maximum atomic E-state index is 11.5. The van der Waals surface area contributed by atoms with Gasteiger partial charge in [0, 0.05) is 13.7 Å². The Kier molecular flexibility index (Phi) is 9.62. The van der Waals surface area contributed by atoms with Crippen LogP contribution in [-0.2, 0) is 14.3 Å². The molecule has 0 spiro atoms. The van der Waals surface area contributed by atoms with Gasteiger partial charge in [-0.2, -0.15) is 0 Å². The van der Waals surface area contributed by atoms with Crippen molar-refractivity contribution < 1.29 is 14.3 Å². The first-order chi connectivity index (χ1) is 7.34. The highest BCUT2D eigenvalue weighted by molar-refractivity contribution is 5.85. The van der Waals surface area contributed by atoms with E-state index in [1.54, 1.807) is 7.11 Å². The summed E-state index contributed by atoms with van der Waals surface area (Å²) >= 11 is 0. The molecule has 1 aliphatic rings. The third-order valence-electron chi connectivity index (χ3n) is 2.35. The third kappa shape index (κ3) is 6.27. The van der Waals surface area contributed by atoms with Crippen LogP contribution in [0.3, 0.4) is 0 Å². The monoisotopic (exact) mass is 252 g/mol. The second-order valence-electron chi connectivity index (χ2n) is 3.55. The van der Waals surface area contributed by atoms with E-state index < -0.39 is 0 Å². The molecule has 0 radical (unpaired) electrons. The SMILES string of the molecule is COCCOCCNC(=O)[C@@H]1CCCN1.Cl. The van der Waals surface area contributed by atoms with E-state index in [0.29, 0.717) is 26.4 Å². The normalized spacial score (nSPS) is 19.2. The Morgan fingerprint density at radius 2 is 2.25 bits per heavy atom. The van der Waals surface area contributed by atoms with Crippen molar-refractivity contribution in [2.75, 3.05) is 40.0 Å². The summed E-state index contributed by atoms with van der Waals surface area (Å²) < 4.78 is 10.1. The Bertz CT molecular complexity index is 187. The molecule has 0 aliphatic carbocycles. The van der Waals surface area contributed by atoms with Gasteiger partial charge in [0.2, 0.25) is 5.91 Å². The molecule has 1 atom stereocenters. The highest BCUT2D eigenvalue weighted by Crippen LogP contribution is 2.03. The number of ether oxygens (including phenoxy) is 2. The molecular formula is C10H21ClN2O3. The summed E-state index contributed by atoms with van der Waals surface area (Å²) in [6.45, 7) is 3.23. The molecule has 1 amide bonds. The van der Waals surface area contributed by atoms with E-state index in [1.165, 1.54) is 0 Å². The van der Waals surface area contributed by atoms with Crippen LogP contribution in [0.4, 0.5) is 0 Å². The Labute approximate surface area is 103 Å². The smallest absolute Gasteiger partial charge is 0.237 e. The molecule has 1 fully saturated rings. The Balaban J connectivity index is 0.00000225. The quantitative estimate of drug-likeness (QED) is 0.624. The molecule has 0 bridgehead atoms. The van der Waals surface area contributed by atoms with Gasteiger partial charge in [0.05, 0.1) is 25.9 Å². The number of nitrogens with one attached hydrogen (secondary N) is 2. The van der Waals surface area contributed by atoms with Crippen LogP contribution in [0.5, 0.6) is 0 Å². The van der Waals surface area contributed by atoms with Crippen molar-refractivity contribution in [2.45, 2.75) is 18.9 Å². The Morgan fingerprint density at radius 3 is 2.88 bits per heavy atom. The van der Waals surface area contributed by atoms with Crippen molar-refractivity contribution in [3.63, 3.8) is 0 Å². The van der Waals surface area contributed by atoms with Crippen LogP contribution in [0.25, 0.3) is 0 Å². The lowest BCUT2D eigenvalue weighted by Crippen LogP contribution is -2.41. The minimum Gasteiger partial charge on any atom is -0.382 e. The second kappa shape index (κ2) is 9.84. The van der Waals surface area contributed by atoms with Crippen molar-refractivity contribution in [3.05, 3.63) is 0 Å². The predicted molar refractivity (Wildman–Crippen MR) is 64.0 cm³/mol. The molecule has 1 saturated heterocycles. The number of halogens is 1. The summed E-state index contributed by atoms with van der Waals surface area (Å²) in [6.07, 6.45) is 2.03. The summed E-state index contributed by atoms with van der Waals surface area (Å²) in [5.74, 6) is 0.0860. The van der Waals surface area contributed by atoms with Gasteiger partial charge in [0.25, 0.3) is 0 Å². The molecule has 96 valence electrons. The van der Waals surface area contributed by atoms with Crippen molar-refractivity contribution in [1.82, 2.24) is 10.6 Å². The van der Waals surface area contributed by atoms with Gasteiger partial charge < -0.3 is 20.1 Å². The van der Waals surface area contributed by atoms with Crippen molar-refractivity contribution >= 4 is 18.3 Å². The van der Waals surface area contributed by atoms with Crippen LogP contribution in [0.1, 0.15) is 12.8 Å². The van der Waals surface area contributed by atoms with E-state index in [-0.39, 0.29) is 24.4 Å². The number of amides is 1. The van der Waals surface area contributed by atoms with Crippen LogP contribution in [0.15, 0.2) is 0 Å². The van der Waals surface area contributed by atoms with Gasteiger partial charge >= 0.3 is 0 Å². The first-order valence-corrected chi connectivity index (χ1v) is 5.42. The largest absolute Gasteiger partial charge is 0.382 e. The van der Waals surface area contributed by atoms with Gasteiger partial charge in [-0.3, -0.25) is 4.79 Å². The summed E-state index contributed by atoms with van der Waals surface area (Å²) in [7, 11) is 1.64. The minimum atomic E-state index is 0. The topological polar surface area (TPSA) is 59.6 Å². The van der Waals surface area contributed by atoms with E-state index >= 15 is 0 Å². The van der Waals surface area contributed by atoms with Gasteiger partial charge in [-0.05, 0) is 19.4 Å². The van der Waals surface area contributed by atoms with Crippen LogP contribution in [0, 0.1) is 0 Å². The summed E-state index contributed by atoms with van der Waals surface area (Å²) in [5, 5.41) is 5.98. The van der Waals surface area contributed by atoms with E-state index in [9.17, 15) is 4.79 Å². The second-order valence-corrected chi connectivity index (χ2v) is 3.55. The lowest BCUT2D eigenvalue weighted by molar-refractivity contribution is -0.123. The molecule has 5 nitrogen and oxygen atoms in total. The summed E-state index contributed by atoms with van der Waals surface area (Å²) in [6, 6.07) is 0.00368. The molecule has 1 rings (SSSR count). The fourth-order valence-electron chi connectivity index (χ4n) is 1.52. The number of rotatable bonds is 7. The zero-order valence-corrected chi connectivity index (χ0v) is 10.5. The van der Waals surface area contributed by atoms with Crippen molar-refractivity contribution in [1.29, 1.82) is 0 Å². The average Bonchev–Trinajstić information content (AvgIpc) is 2.76. The lowest BCUT2D eigenvalue weighted by Gasteiger charge is -2.10. The standard InChI is InChI=1S/C10H20N2O3.ClH/c1-14-7-8-15-6-5-12-10(13)9-3-2-4-11-9;/h9,11H,2-8H2,1H3,(H,12,13);1H/t9-;/m0./s1. The van der Waals surface area contributed by atoms with E-state index in [0.717, 1.165) is 19.4 Å². The zero-order valence-electron chi connectivity index (χ0n) is 9.66.